The largest absolute Gasteiger partial charge is 0.481 e. The van der Waals surface area contributed by atoms with E-state index in [0.717, 1.165) is 6.20 Å². The Bertz CT molecular complexity index is 1510. The van der Waals surface area contributed by atoms with E-state index in [2.05, 4.69) is 30.4 Å². The molecule has 0 amide bonds. The van der Waals surface area contributed by atoms with Crippen molar-refractivity contribution >= 4 is 11.7 Å². The number of aromatic nitrogens is 8. The van der Waals surface area contributed by atoms with E-state index in [1.54, 1.807) is 26.1 Å². The number of ether oxygens (including phenoxy) is 1. The first kappa shape index (κ1) is 26.1. The van der Waals surface area contributed by atoms with Crippen LogP contribution in [0.15, 0.2) is 36.9 Å². The summed E-state index contributed by atoms with van der Waals surface area (Å²) in [6, 6.07) is 4.83. The average molecular weight is 544 g/mol. The predicted molar refractivity (Wildman–Crippen MR) is 130 cm³/mol. The number of piperidine rings is 1. The molecule has 4 aromatic rings. The molecule has 1 atom stereocenters. The van der Waals surface area contributed by atoms with Crippen LogP contribution < -0.4 is 9.64 Å². The van der Waals surface area contributed by atoms with Gasteiger partial charge < -0.3 is 14.7 Å². The lowest BCUT2D eigenvalue weighted by atomic mass is 9.92. The number of aryl methyl sites for hydroxylation is 2. The molecule has 1 fully saturated rings. The van der Waals surface area contributed by atoms with Crippen LogP contribution >= 0.6 is 0 Å². The third-order valence-electron chi connectivity index (χ3n) is 6.31. The molecule has 1 N–H and O–H groups in total. The van der Waals surface area contributed by atoms with Crippen LogP contribution in [0, 0.1) is 18.7 Å². The molecular weight excluding hydrogens is 519 g/mol. The van der Waals surface area contributed by atoms with Gasteiger partial charge in [-0.2, -0.15) is 5.10 Å². The second-order valence-electron chi connectivity index (χ2n) is 9.32. The van der Waals surface area contributed by atoms with Crippen molar-refractivity contribution in [3.05, 3.63) is 54.1 Å². The first-order valence-electron chi connectivity index (χ1n) is 11.9. The number of carboxylic acid groups (broad SMARTS) is 1. The van der Waals surface area contributed by atoms with E-state index in [1.807, 2.05) is 0 Å². The molecule has 0 aromatic carbocycles. The van der Waals surface area contributed by atoms with Crippen molar-refractivity contribution in [3.63, 3.8) is 0 Å². The van der Waals surface area contributed by atoms with Gasteiger partial charge >= 0.3 is 5.97 Å². The van der Waals surface area contributed by atoms with Crippen LogP contribution in [0.5, 0.6) is 5.88 Å². The number of nitrogens with zero attached hydrogens (tertiary/aromatic N) is 9. The lowest BCUT2D eigenvalue weighted by Crippen LogP contribution is -2.48. The molecule has 1 saturated heterocycles. The molecule has 204 valence electrons. The van der Waals surface area contributed by atoms with Gasteiger partial charge in [0.25, 0.3) is 5.92 Å². The van der Waals surface area contributed by atoms with Gasteiger partial charge in [0.15, 0.2) is 11.6 Å². The molecule has 0 bridgehead atoms. The number of pyridine rings is 1. The third-order valence-corrected chi connectivity index (χ3v) is 6.31. The lowest BCUT2D eigenvalue weighted by Gasteiger charge is -2.39. The zero-order valence-corrected chi connectivity index (χ0v) is 21.0. The summed E-state index contributed by atoms with van der Waals surface area (Å²) in [5.74, 6) is -4.77. The van der Waals surface area contributed by atoms with Gasteiger partial charge in [0, 0.05) is 26.1 Å². The Labute approximate surface area is 220 Å². The molecule has 0 spiro atoms. The number of halogens is 3. The summed E-state index contributed by atoms with van der Waals surface area (Å²) >= 11 is 0. The fourth-order valence-electron chi connectivity index (χ4n) is 4.63. The smallest absolute Gasteiger partial charge is 0.303 e. The minimum Gasteiger partial charge on any atom is -0.481 e. The highest BCUT2D eigenvalue weighted by molar-refractivity contribution is 5.67. The Morgan fingerprint density at radius 2 is 2.10 bits per heavy atom. The van der Waals surface area contributed by atoms with Crippen molar-refractivity contribution in [2.45, 2.75) is 32.3 Å². The van der Waals surface area contributed by atoms with Crippen LogP contribution in [0.1, 0.15) is 24.2 Å². The van der Waals surface area contributed by atoms with E-state index < -0.39 is 36.6 Å². The first-order valence-corrected chi connectivity index (χ1v) is 11.9. The van der Waals surface area contributed by atoms with E-state index in [-0.39, 0.29) is 25.5 Å². The van der Waals surface area contributed by atoms with E-state index in [9.17, 15) is 18.0 Å². The fraction of sp³-hybridized carbons (Fsp3) is 0.375. The molecule has 0 aliphatic carbocycles. The van der Waals surface area contributed by atoms with Gasteiger partial charge in [-0.25, -0.2) is 37.5 Å². The van der Waals surface area contributed by atoms with Crippen LogP contribution in [0.4, 0.5) is 18.9 Å². The predicted octanol–water partition coefficient (Wildman–Crippen LogP) is 2.82. The second-order valence-corrected chi connectivity index (χ2v) is 9.32. The SMILES string of the molecule is Cc1nc(-c2nnn(C)c2COc2cc(-n3cc(F)cn3)ncn2)ccc1N1C[C@@H](CC(=O)O)CC(F)(F)C1. The van der Waals surface area contributed by atoms with Crippen molar-refractivity contribution in [1.82, 2.24) is 39.7 Å². The maximum atomic E-state index is 14.4. The number of aliphatic carboxylic acids is 1. The van der Waals surface area contributed by atoms with Gasteiger partial charge in [0.05, 0.1) is 42.4 Å². The molecule has 0 unspecified atom stereocenters. The van der Waals surface area contributed by atoms with Crippen molar-refractivity contribution in [2.24, 2.45) is 13.0 Å². The molecule has 5 rings (SSSR count). The minimum atomic E-state index is -3.01. The van der Waals surface area contributed by atoms with Gasteiger partial charge in [-0.05, 0) is 25.0 Å². The van der Waals surface area contributed by atoms with Crippen LogP contribution in [0.3, 0.4) is 0 Å². The number of alkyl halides is 2. The highest BCUT2D eigenvalue weighted by atomic mass is 19.3. The van der Waals surface area contributed by atoms with Gasteiger partial charge in [0.1, 0.15) is 24.3 Å². The van der Waals surface area contributed by atoms with Gasteiger partial charge in [-0.3, -0.25) is 4.79 Å². The quantitative estimate of drug-likeness (QED) is 0.353. The number of anilines is 1. The molecule has 1 aliphatic heterocycles. The molecule has 0 saturated carbocycles. The second kappa shape index (κ2) is 10.3. The van der Waals surface area contributed by atoms with Crippen LogP contribution in [-0.2, 0) is 18.4 Å². The van der Waals surface area contributed by atoms with Crippen molar-refractivity contribution in [3.8, 4) is 23.1 Å². The van der Waals surface area contributed by atoms with Crippen molar-refractivity contribution in [1.29, 1.82) is 0 Å². The van der Waals surface area contributed by atoms with E-state index in [0.29, 0.717) is 34.3 Å². The number of hydrogen-bond acceptors (Lipinski definition) is 9. The van der Waals surface area contributed by atoms with Gasteiger partial charge in [-0.1, -0.05) is 5.21 Å². The Hall–Kier alpha value is -4.56. The molecule has 15 heteroatoms. The molecule has 4 aromatic heterocycles. The zero-order valence-electron chi connectivity index (χ0n) is 21.0. The van der Waals surface area contributed by atoms with E-state index in [4.69, 9.17) is 9.84 Å². The minimum absolute atomic E-state index is 0.0143. The summed E-state index contributed by atoms with van der Waals surface area (Å²) in [6.07, 6.45) is 2.70. The first-order chi connectivity index (χ1) is 18.6. The highest BCUT2D eigenvalue weighted by Crippen LogP contribution is 2.36. The molecular formula is C24H24F3N9O3. The molecule has 1 aliphatic rings. The van der Waals surface area contributed by atoms with Crippen LogP contribution in [-0.4, -0.2) is 69.8 Å². The Morgan fingerprint density at radius 1 is 1.28 bits per heavy atom. The molecule has 12 nitrogen and oxygen atoms in total. The Morgan fingerprint density at radius 3 is 2.82 bits per heavy atom. The summed E-state index contributed by atoms with van der Waals surface area (Å²) in [4.78, 5) is 25.3. The summed E-state index contributed by atoms with van der Waals surface area (Å²) < 4.78 is 50.7. The number of hydrogen-bond donors (Lipinski definition) is 1. The fourth-order valence-corrected chi connectivity index (χ4v) is 4.63. The summed E-state index contributed by atoms with van der Waals surface area (Å²) in [6.45, 7) is 1.40. The Balaban J connectivity index is 1.35. The number of carboxylic acids is 1. The molecule has 39 heavy (non-hydrogen) atoms. The topological polar surface area (TPSA) is 137 Å². The van der Waals surface area contributed by atoms with Crippen molar-refractivity contribution in [2.75, 3.05) is 18.0 Å². The summed E-state index contributed by atoms with van der Waals surface area (Å²) in [5, 5.41) is 21.2. The number of rotatable bonds is 8. The highest BCUT2D eigenvalue weighted by Gasteiger charge is 2.41. The Kier molecular flexibility index (Phi) is 6.89. The maximum absolute atomic E-state index is 14.4. The summed E-state index contributed by atoms with van der Waals surface area (Å²) in [7, 11) is 1.69. The summed E-state index contributed by atoms with van der Waals surface area (Å²) in [5.41, 5.74) is 2.46. The van der Waals surface area contributed by atoms with Crippen LogP contribution in [0.25, 0.3) is 17.2 Å². The maximum Gasteiger partial charge on any atom is 0.303 e. The monoisotopic (exact) mass is 543 g/mol. The third kappa shape index (κ3) is 5.81. The molecule has 5 heterocycles. The average Bonchev–Trinajstić information content (AvgIpc) is 3.46. The normalized spacial score (nSPS) is 16.8. The lowest BCUT2D eigenvalue weighted by molar-refractivity contribution is -0.139. The molecule has 0 radical (unpaired) electrons. The van der Waals surface area contributed by atoms with E-state index >= 15 is 0 Å². The van der Waals surface area contributed by atoms with Crippen molar-refractivity contribution < 1.29 is 27.8 Å². The van der Waals surface area contributed by atoms with Gasteiger partial charge in [0.2, 0.25) is 5.88 Å². The standard InChI is InChI=1S/C24H24F3N9O3/c1-14-18(35-9-15(5-22(37)38)7-24(26,27)12-35)4-3-17(31-14)23-19(34(2)33-32-23)11-39-21-6-20(28-13-29-21)36-10-16(25)8-30-36/h3-4,6,8,10,13,15H,5,7,9,11-12H2,1-2H3,(H,37,38)/t15-/m0/s1. The number of carbonyl (C=O) groups is 1. The van der Waals surface area contributed by atoms with E-state index in [1.165, 1.54) is 32.9 Å². The zero-order chi connectivity index (χ0) is 27.7. The van der Waals surface area contributed by atoms with Gasteiger partial charge in [-0.15, -0.1) is 5.10 Å². The van der Waals surface area contributed by atoms with Crippen LogP contribution in [0.2, 0.25) is 0 Å².